The fourth-order valence-electron chi connectivity index (χ4n) is 2.48. The quantitative estimate of drug-likeness (QED) is 0.618. The normalized spacial score (nSPS) is 16.7. The monoisotopic (exact) mass is 466 g/mol. The zero-order chi connectivity index (χ0) is 19.6. The van der Waals surface area contributed by atoms with Crippen molar-refractivity contribution < 1.29 is 14.3 Å². The largest absolute Gasteiger partial charge is 0.493 e. The molecule has 1 fully saturated rings. The summed E-state index contributed by atoms with van der Waals surface area (Å²) in [6.45, 7) is 1.89. The van der Waals surface area contributed by atoms with Gasteiger partial charge in [0.2, 0.25) is 0 Å². The van der Waals surface area contributed by atoms with Gasteiger partial charge in [-0.05, 0) is 76.1 Å². The van der Waals surface area contributed by atoms with Crippen molar-refractivity contribution in [2.24, 2.45) is 4.99 Å². The van der Waals surface area contributed by atoms with Crippen molar-refractivity contribution in [2.75, 3.05) is 14.2 Å². The molecule has 0 aromatic heterocycles. The summed E-state index contributed by atoms with van der Waals surface area (Å²) >= 11 is 10.9. The van der Waals surface area contributed by atoms with Gasteiger partial charge in [-0.15, -0.1) is 0 Å². The van der Waals surface area contributed by atoms with Gasteiger partial charge in [-0.1, -0.05) is 17.7 Å². The predicted molar refractivity (Wildman–Crippen MR) is 114 cm³/mol. The highest BCUT2D eigenvalue weighted by atomic mass is 79.9. The van der Waals surface area contributed by atoms with Crippen LogP contribution in [0, 0.1) is 6.92 Å². The van der Waals surface area contributed by atoms with Gasteiger partial charge in [0.1, 0.15) is 0 Å². The summed E-state index contributed by atoms with van der Waals surface area (Å²) in [5.41, 5.74) is 2.39. The second-order valence-corrected chi connectivity index (χ2v) is 7.90. The topological polar surface area (TPSA) is 59.9 Å². The molecule has 5 nitrogen and oxygen atoms in total. The zero-order valence-electron chi connectivity index (χ0n) is 14.8. The lowest BCUT2D eigenvalue weighted by molar-refractivity contribution is -0.115. The van der Waals surface area contributed by atoms with Crippen LogP contribution in [0.25, 0.3) is 6.08 Å². The van der Waals surface area contributed by atoms with Crippen LogP contribution in [0.5, 0.6) is 11.5 Å². The molecule has 2 aromatic carbocycles. The molecule has 27 heavy (non-hydrogen) atoms. The first-order valence-electron chi connectivity index (χ1n) is 7.89. The third-order valence-electron chi connectivity index (χ3n) is 3.87. The van der Waals surface area contributed by atoms with E-state index in [4.69, 9.17) is 21.1 Å². The Labute approximate surface area is 174 Å². The van der Waals surface area contributed by atoms with E-state index in [1.165, 1.54) is 11.8 Å². The summed E-state index contributed by atoms with van der Waals surface area (Å²) in [7, 11) is 3.14. The number of amidine groups is 1. The van der Waals surface area contributed by atoms with Crippen LogP contribution in [0.1, 0.15) is 11.1 Å². The summed E-state index contributed by atoms with van der Waals surface area (Å²) in [4.78, 5) is 17.4. The molecule has 0 saturated carbocycles. The van der Waals surface area contributed by atoms with Gasteiger partial charge in [-0.3, -0.25) is 4.79 Å². The Balaban J connectivity index is 1.91. The van der Waals surface area contributed by atoms with Crippen molar-refractivity contribution >= 4 is 62.1 Å². The number of halogens is 2. The zero-order valence-corrected chi connectivity index (χ0v) is 18.0. The van der Waals surface area contributed by atoms with E-state index < -0.39 is 0 Å². The molecule has 8 heteroatoms. The van der Waals surface area contributed by atoms with E-state index in [9.17, 15) is 4.79 Å². The van der Waals surface area contributed by atoms with Gasteiger partial charge < -0.3 is 14.8 Å². The molecule has 1 aliphatic rings. The first-order chi connectivity index (χ1) is 12.9. The molecule has 0 aliphatic carbocycles. The second-order valence-electron chi connectivity index (χ2n) is 5.60. The molecule has 0 bridgehead atoms. The highest BCUT2D eigenvalue weighted by Gasteiger charge is 2.24. The van der Waals surface area contributed by atoms with E-state index in [0.717, 1.165) is 21.3 Å². The van der Waals surface area contributed by atoms with Crippen LogP contribution in [-0.4, -0.2) is 25.3 Å². The second kappa shape index (κ2) is 8.37. The molecule has 0 unspecified atom stereocenters. The third kappa shape index (κ3) is 4.31. The number of carbonyl (C=O) groups is 1. The SMILES string of the molecule is COc1cc(/C=C2\SC(=Nc3cccc(Cl)c3C)NC2=O)cc(Br)c1OC. The van der Waals surface area contributed by atoms with Gasteiger partial charge >= 0.3 is 0 Å². The highest BCUT2D eigenvalue weighted by Crippen LogP contribution is 2.38. The molecule has 0 spiro atoms. The van der Waals surface area contributed by atoms with Gasteiger partial charge in [-0.25, -0.2) is 4.99 Å². The summed E-state index contributed by atoms with van der Waals surface area (Å²) in [5, 5.41) is 3.93. The Morgan fingerprint density at radius 1 is 1.26 bits per heavy atom. The summed E-state index contributed by atoms with van der Waals surface area (Å²) in [6, 6.07) is 9.16. The predicted octanol–water partition coefficient (Wildman–Crippen LogP) is 5.32. The molecule has 3 rings (SSSR count). The van der Waals surface area contributed by atoms with Crippen molar-refractivity contribution in [3.8, 4) is 11.5 Å². The number of methoxy groups -OCH3 is 2. The lowest BCUT2D eigenvalue weighted by Crippen LogP contribution is -2.19. The Bertz CT molecular complexity index is 976. The minimum absolute atomic E-state index is 0.204. The van der Waals surface area contributed by atoms with Crippen LogP contribution >= 0.6 is 39.3 Å². The number of nitrogens with zero attached hydrogens (tertiary/aromatic N) is 1. The molecule has 2 aromatic rings. The molecule has 1 saturated heterocycles. The van der Waals surface area contributed by atoms with Crippen LogP contribution in [0.2, 0.25) is 5.02 Å². The van der Waals surface area contributed by atoms with Gasteiger partial charge in [-0.2, -0.15) is 0 Å². The maximum Gasteiger partial charge on any atom is 0.264 e. The number of aliphatic imine (C=N–C) groups is 1. The first-order valence-corrected chi connectivity index (χ1v) is 9.88. The van der Waals surface area contributed by atoms with E-state index in [1.54, 1.807) is 32.4 Å². The maximum atomic E-state index is 12.3. The lowest BCUT2D eigenvalue weighted by Gasteiger charge is -2.10. The van der Waals surface area contributed by atoms with Crippen molar-refractivity contribution in [1.29, 1.82) is 0 Å². The first kappa shape index (κ1) is 19.8. The fraction of sp³-hybridized carbons (Fsp3) is 0.158. The van der Waals surface area contributed by atoms with Crippen LogP contribution in [0.15, 0.2) is 44.7 Å². The van der Waals surface area contributed by atoms with Crippen LogP contribution in [-0.2, 0) is 4.79 Å². The number of amides is 1. The third-order valence-corrected chi connectivity index (χ3v) is 5.77. The van der Waals surface area contributed by atoms with Crippen LogP contribution in [0.3, 0.4) is 0 Å². The maximum absolute atomic E-state index is 12.3. The van der Waals surface area contributed by atoms with Crippen molar-refractivity contribution in [1.82, 2.24) is 5.32 Å². The van der Waals surface area contributed by atoms with Crippen LogP contribution < -0.4 is 14.8 Å². The number of rotatable bonds is 4. The summed E-state index contributed by atoms with van der Waals surface area (Å²) in [6.07, 6.45) is 1.78. The number of hydrogen-bond acceptors (Lipinski definition) is 5. The van der Waals surface area contributed by atoms with Gasteiger partial charge in [0.05, 0.1) is 29.3 Å². The Morgan fingerprint density at radius 3 is 2.74 bits per heavy atom. The minimum Gasteiger partial charge on any atom is -0.493 e. The number of nitrogens with one attached hydrogen (secondary N) is 1. The lowest BCUT2D eigenvalue weighted by atomic mass is 10.2. The average Bonchev–Trinajstić information content (AvgIpc) is 2.97. The molecule has 0 atom stereocenters. The summed E-state index contributed by atoms with van der Waals surface area (Å²) in [5.74, 6) is 0.969. The van der Waals surface area contributed by atoms with Gasteiger partial charge in [0.25, 0.3) is 5.91 Å². The van der Waals surface area contributed by atoms with Crippen molar-refractivity contribution in [3.63, 3.8) is 0 Å². The molecular formula is C19H16BrClN2O3S. The van der Waals surface area contributed by atoms with E-state index in [-0.39, 0.29) is 5.91 Å². The van der Waals surface area contributed by atoms with Crippen LogP contribution in [0.4, 0.5) is 5.69 Å². The average molecular weight is 468 g/mol. The van der Waals surface area contributed by atoms with E-state index in [0.29, 0.717) is 26.6 Å². The number of benzene rings is 2. The Hall–Kier alpha value is -1.96. The van der Waals surface area contributed by atoms with E-state index in [2.05, 4.69) is 26.2 Å². The molecule has 1 amide bonds. The molecule has 1 aliphatic heterocycles. The number of thioether (sulfide) groups is 1. The fourth-order valence-corrected chi connectivity index (χ4v) is 4.11. The molecule has 140 valence electrons. The summed E-state index contributed by atoms with van der Waals surface area (Å²) < 4.78 is 11.4. The Morgan fingerprint density at radius 2 is 2.04 bits per heavy atom. The molecule has 1 heterocycles. The Kier molecular flexibility index (Phi) is 6.14. The smallest absolute Gasteiger partial charge is 0.264 e. The minimum atomic E-state index is -0.204. The van der Waals surface area contributed by atoms with E-state index in [1.807, 2.05) is 25.1 Å². The molecule has 0 radical (unpaired) electrons. The van der Waals surface area contributed by atoms with Gasteiger partial charge in [0, 0.05) is 5.02 Å². The number of hydrogen-bond donors (Lipinski definition) is 1. The van der Waals surface area contributed by atoms with E-state index >= 15 is 0 Å². The number of carbonyl (C=O) groups excluding carboxylic acids is 1. The van der Waals surface area contributed by atoms with Crippen molar-refractivity contribution in [2.45, 2.75) is 6.92 Å². The standard InChI is InChI=1S/C19H16BrClN2O3S/c1-10-13(21)5-4-6-14(10)22-19-23-18(24)16(27-19)9-11-7-12(20)17(26-3)15(8-11)25-2/h4-9H,1-3H3,(H,22,23,24)/b16-9-. The molecule has 1 N–H and O–H groups in total. The molecular weight excluding hydrogens is 452 g/mol. The highest BCUT2D eigenvalue weighted by molar-refractivity contribution is 9.10. The number of ether oxygens (including phenoxy) is 2. The van der Waals surface area contributed by atoms with Gasteiger partial charge in [0.15, 0.2) is 16.7 Å². The van der Waals surface area contributed by atoms with Crippen molar-refractivity contribution in [3.05, 3.63) is 55.9 Å².